The van der Waals surface area contributed by atoms with E-state index in [1.807, 2.05) is 0 Å². The molecule has 0 N–H and O–H groups in total. The summed E-state index contributed by atoms with van der Waals surface area (Å²) in [7, 11) is 0. The van der Waals surface area contributed by atoms with E-state index in [9.17, 15) is 4.79 Å². The number of rotatable bonds is 1. The number of hydrogen-bond donors (Lipinski definition) is 0. The molecule has 1 aromatic rings. The predicted octanol–water partition coefficient (Wildman–Crippen LogP) is 2.89. The van der Waals surface area contributed by atoms with Crippen LogP contribution in [0.5, 0.6) is 0 Å². The van der Waals surface area contributed by atoms with Gasteiger partial charge in [0.1, 0.15) is 5.78 Å². The van der Waals surface area contributed by atoms with Crippen molar-refractivity contribution in [3.63, 3.8) is 0 Å². The summed E-state index contributed by atoms with van der Waals surface area (Å²) in [5.41, 5.74) is 1.25. The van der Waals surface area contributed by atoms with Gasteiger partial charge in [-0.05, 0) is 36.8 Å². The quantitative estimate of drug-likeness (QED) is 0.649. The van der Waals surface area contributed by atoms with E-state index >= 15 is 0 Å². The van der Waals surface area contributed by atoms with Crippen LogP contribution in [0.25, 0.3) is 0 Å². The minimum Gasteiger partial charge on any atom is -0.299 e. The molecule has 1 heterocycles. The molecule has 1 aliphatic rings. The van der Waals surface area contributed by atoms with Crippen LogP contribution >= 0.6 is 11.3 Å². The first-order valence-electron chi connectivity index (χ1n) is 4.35. The molecule has 1 aliphatic carbocycles. The summed E-state index contributed by atoms with van der Waals surface area (Å²) in [6, 6.07) is 2.15. The Balaban J connectivity index is 2.24. The fourth-order valence-corrected chi connectivity index (χ4v) is 2.57. The molecule has 1 atom stereocenters. The van der Waals surface area contributed by atoms with Crippen LogP contribution in [-0.2, 0) is 4.79 Å². The van der Waals surface area contributed by atoms with Crippen molar-refractivity contribution in [3.8, 4) is 0 Å². The SMILES string of the molecule is Cc1cc(C2CCCC2=O)cs1. The van der Waals surface area contributed by atoms with Crippen molar-refractivity contribution >= 4 is 17.1 Å². The van der Waals surface area contributed by atoms with Gasteiger partial charge in [0, 0.05) is 17.2 Å². The highest BCUT2D eigenvalue weighted by molar-refractivity contribution is 7.10. The van der Waals surface area contributed by atoms with Crippen LogP contribution in [0.1, 0.15) is 35.6 Å². The number of aryl methyl sites for hydroxylation is 1. The monoisotopic (exact) mass is 180 g/mol. The molecular weight excluding hydrogens is 168 g/mol. The van der Waals surface area contributed by atoms with Crippen LogP contribution < -0.4 is 0 Å². The molecule has 64 valence electrons. The van der Waals surface area contributed by atoms with Gasteiger partial charge < -0.3 is 0 Å². The van der Waals surface area contributed by atoms with Crippen LogP contribution in [0.2, 0.25) is 0 Å². The minimum atomic E-state index is 0.231. The first-order valence-corrected chi connectivity index (χ1v) is 5.23. The number of hydrogen-bond acceptors (Lipinski definition) is 2. The molecule has 1 unspecified atom stereocenters. The summed E-state index contributed by atoms with van der Waals surface area (Å²) >= 11 is 1.74. The molecular formula is C10H12OS. The second-order valence-electron chi connectivity index (χ2n) is 3.40. The van der Waals surface area contributed by atoms with Gasteiger partial charge >= 0.3 is 0 Å². The Morgan fingerprint density at radius 3 is 2.92 bits per heavy atom. The lowest BCUT2D eigenvalue weighted by Crippen LogP contribution is -2.02. The smallest absolute Gasteiger partial charge is 0.140 e. The van der Waals surface area contributed by atoms with Crippen LogP contribution in [0.4, 0.5) is 0 Å². The molecule has 0 radical (unpaired) electrons. The summed E-state index contributed by atoms with van der Waals surface area (Å²) in [6.45, 7) is 2.09. The molecule has 0 saturated heterocycles. The molecule has 0 amide bonds. The van der Waals surface area contributed by atoms with Crippen molar-refractivity contribution in [2.45, 2.75) is 32.1 Å². The van der Waals surface area contributed by atoms with Gasteiger partial charge in [-0.3, -0.25) is 4.79 Å². The molecule has 0 aliphatic heterocycles. The maximum atomic E-state index is 11.4. The predicted molar refractivity (Wildman–Crippen MR) is 50.7 cm³/mol. The van der Waals surface area contributed by atoms with E-state index in [0.29, 0.717) is 5.78 Å². The zero-order valence-corrected chi connectivity index (χ0v) is 7.99. The first kappa shape index (κ1) is 7.99. The molecule has 1 fully saturated rings. The zero-order valence-electron chi connectivity index (χ0n) is 7.17. The highest BCUT2D eigenvalue weighted by Crippen LogP contribution is 2.33. The average molecular weight is 180 g/mol. The Bertz CT molecular complexity index is 301. The van der Waals surface area contributed by atoms with Gasteiger partial charge in [-0.25, -0.2) is 0 Å². The van der Waals surface area contributed by atoms with E-state index in [1.165, 1.54) is 10.4 Å². The molecule has 2 rings (SSSR count). The third kappa shape index (κ3) is 1.31. The number of thiophene rings is 1. The van der Waals surface area contributed by atoms with Crippen molar-refractivity contribution in [2.24, 2.45) is 0 Å². The Morgan fingerprint density at radius 2 is 2.42 bits per heavy atom. The summed E-state index contributed by atoms with van der Waals surface area (Å²) in [4.78, 5) is 12.7. The summed E-state index contributed by atoms with van der Waals surface area (Å²) in [5.74, 6) is 0.669. The normalized spacial score (nSPS) is 23.4. The average Bonchev–Trinajstić information content (AvgIpc) is 2.58. The van der Waals surface area contributed by atoms with E-state index in [2.05, 4.69) is 18.4 Å². The highest BCUT2D eigenvalue weighted by atomic mass is 32.1. The van der Waals surface area contributed by atoms with E-state index in [-0.39, 0.29) is 5.92 Å². The summed E-state index contributed by atoms with van der Waals surface area (Å²) < 4.78 is 0. The van der Waals surface area contributed by atoms with Crippen LogP contribution in [-0.4, -0.2) is 5.78 Å². The van der Waals surface area contributed by atoms with E-state index < -0.39 is 0 Å². The fourth-order valence-electron chi connectivity index (χ4n) is 1.81. The summed E-state index contributed by atoms with van der Waals surface area (Å²) in [6.07, 6.45) is 2.94. The molecule has 12 heavy (non-hydrogen) atoms. The van der Waals surface area contributed by atoms with Gasteiger partial charge in [0.2, 0.25) is 0 Å². The molecule has 1 nitrogen and oxygen atoms in total. The first-order chi connectivity index (χ1) is 5.77. The van der Waals surface area contributed by atoms with Crippen molar-refractivity contribution in [2.75, 3.05) is 0 Å². The van der Waals surface area contributed by atoms with Crippen molar-refractivity contribution in [1.82, 2.24) is 0 Å². The number of carbonyl (C=O) groups is 1. The third-order valence-electron chi connectivity index (χ3n) is 2.46. The second kappa shape index (κ2) is 3.02. The number of carbonyl (C=O) groups excluding carboxylic acids is 1. The van der Waals surface area contributed by atoms with Crippen molar-refractivity contribution < 1.29 is 4.79 Å². The number of ketones is 1. The molecule has 0 bridgehead atoms. The zero-order chi connectivity index (χ0) is 8.55. The molecule has 1 aromatic heterocycles. The molecule has 0 spiro atoms. The second-order valence-corrected chi connectivity index (χ2v) is 4.52. The standard InChI is InChI=1S/C10H12OS/c1-7-5-8(6-12-7)9-3-2-4-10(9)11/h5-6,9H,2-4H2,1H3. The van der Waals surface area contributed by atoms with Crippen LogP contribution in [0.3, 0.4) is 0 Å². The Hall–Kier alpha value is -0.630. The third-order valence-corrected chi connectivity index (χ3v) is 3.34. The summed E-state index contributed by atoms with van der Waals surface area (Å²) in [5, 5.41) is 2.13. The van der Waals surface area contributed by atoms with E-state index in [1.54, 1.807) is 11.3 Å². The van der Waals surface area contributed by atoms with Gasteiger partial charge in [0.15, 0.2) is 0 Å². The number of Topliss-reactive ketones (excluding diaryl/α,β-unsaturated/α-hetero) is 1. The van der Waals surface area contributed by atoms with Crippen molar-refractivity contribution in [1.29, 1.82) is 0 Å². The van der Waals surface area contributed by atoms with Gasteiger partial charge in [0.25, 0.3) is 0 Å². The lowest BCUT2D eigenvalue weighted by atomic mass is 10.00. The Labute approximate surface area is 76.4 Å². The largest absolute Gasteiger partial charge is 0.299 e. The molecule has 2 heteroatoms. The maximum Gasteiger partial charge on any atom is 0.140 e. The molecule has 1 saturated carbocycles. The fraction of sp³-hybridized carbons (Fsp3) is 0.500. The van der Waals surface area contributed by atoms with Gasteiger partial charge in [-0.1, -0.05) is 0 Å². The van der Waals surface area contributed by atoms with Gasteiger partial charge in [-0.15, -0.1) is 11.3 Å². The minimum absolute atomic E-state index is 0.231. The van der Waals surface area contributed by atoms with Crippen LogP contribution in [0, 0.1) is 6.92 Å². The highest BCUT2D eigenvalue weighted by Gasteiger charge is 2.26. The van der Waals surface area contributed by atoms with Gasteiger partial charge in [-0.2, -0.15) is 0 Å². The Kier molecular flexibility index (Phi) is 2.01. The van der Waals surface area contributed by atoms with Crippen LogP contribution in [0.15, 0.2) is 11.4 Å². The Morgan fingerprint density at radius 1 is 1.58 bits per heavy atom. The van der Waals surface area contributed by atoms with Gasteiger partial charge in [0.05, 0.1) is 0 Å². The lowest BCUT2D eigenvalue weighted by Gasteiger charge is -2.02. The maximum absolute atomic E-state index is 11.4. The van der Waals surface area contributed by atoms with E-state index in [0.717, 1.165) is 19.3 Å². The van der Waals surface area contributed by atoms with E-state index in [4.69, 9.17) is 0 Å². The lowest BCUT2D eigenvalue weighted by molar-refractivity contribution is -0.118. The van der Waals surface area contributed by atoms with Crippen molar-refractivity contribution in [3.05, 3.63) is 21.9 Å². The molecule has 0 aromatic carbocycles. The topological polar surface area (TPSA) is 17.1 Å².